The van der Waals surface area contributed by atoms with Gasteiger partial charge in [-0.15, -0.1) is 0 Å². The van der Waals surface area contributed by atoms with Crippen molar-refractivity contribution >= 4 is 5.91 Å². The second-order valence-corrected chi connectivity index (χ2v) is 3.42. The van der Waals surface area contributed by atoms with Gasteiger partial charge in [0.25, 0.3) is 0 Å². The Morgan fingerprint density at radius 2 is 1.93 bits per heavy atom. The first kappa shape index (κ1) is 13.2. The largest absolute Gasteiger partial charge is 0.401 e. The van der Waals surface area contributed by atoms with Crippen LogP contribution in [0.25, 0.3) is 0 Å². The first-order valence-electron chi connectivity index (χ1n) is 4.35. The van der Waals surface area contributed by atoms with E-state index in [9.17, 15) is 18.0 Å². The Kier molecular flexibility index (Phi) is 5.52. The summed E-state index contributed by atoms with van der Waals surface area (Å²) < 4.78 is 34.9. The third kappa shape index (κ3) is 9.31. The van der Waals surface area contributed by atoms with Gasteiger partial charge < -0.3 is 10.6 Å². The van der Waals surface area contributed by atoms with Crippen molar-refractivity contribution in [3.05, 3.63) is 0 Å². The molecule has 0 aromatic rings. The molecule has 0 saturated heterocycles. The molecule has 84 valence electrons. The lowest BCUT2D eigenvalue weighted by Gasteiger charge is -2.09. The van der Waals surface area contributed by atoms with Crippen LogP contribution in [-0.4, -0.2) is 31.7 Å². The van der Waals surface area contributed by atoms with Gasteiger partial charge in [-0.05, 0) is 5.92 Å². The van der Waals surface area contributed by atoms with E-state index in [-0.39, 0.29) is 6.54 Å². The molecule has 14 heavy (non-hydrogen) atoms. The molecule has 0 saturated carbocycles. The van der Waals surface area contributed by atoms with Crippen LogP contribution >= 0.6 is 0 Å². The molecule has 0 aliphatic rings. The van der Waals surface area contributed by atoms with Crippen LogP contribution in [0.15, 0.2) is 0 Å². The van der Waals surface area contributed by atoms with Crippen molar-refractivity contribution in [3.63, 3.8) is 0 Å². The number of amides is 1. The summed E-state index contributed by atoms with van der Waals surface area (Å²) in [6.07, 6.45) is -4.27. The molecule has 0 rings (SSSR count). The van der Waals surface area contributed by atoms with E-state index in [4.69, 9.17) is 0 Å². The van der Waals surface area contributed by atoms with E-state index in [0.29, 0.717) is 12.5 Å². The summed E-state index contributed by atoms with van der Waals surface area (Å²) in [6, 6.07) is 0. The van der Waals surface area contributed by atoms with Crippen molar-refractivity contribution in [3.8, 4) is 0 Å². The van der Waals surface area contributed by atoms with Gasteiger partial charge in [0, 0.05) is 6.54 Å². The summed E-state index contributed by atoms with van der Waals surface area (Å²) >= 11 is 0. The van der Waals surface area contributed by atoms with Gasteiger partial charge in [-0.2, -0.15) is 13.2 Å². The Hall–Kier alpha value is -0.780. The molecular formula is C8H15F3N2O. The molecular weight excluding hydrogens is 197 g/mol. The lowest BCUT2D eigenvalue weighted by Crippen LogP contribution is -2.39. The van der Waals surface area contributed by atoms with E-state index in [2.05, 4.69) is 5.32 Å². The summed E-state index contributed by atoms with van der Waals surface area (Å²) in [6.45, 7) is 2.85. The number of hydrogen-bond acceptors (Lipinski definition) is 2. The average Bonchev–Trinajstić information content (AvgIpc) is 1.98. The van der Waals surface area contributed by atoms with Crippen LogP contribution in [0.3, 0.4) is 0 Å². The van der Waals surface area contributed by atoms with Crippen molar-refractivity contribution in [2.75, 3.05) is 19.6 Å². The number of halogens is 3. The van der Waals surface area contributed by atoms with Crippen molar-refractivity contribution in [1.29, 1.82) is 0 Å². The fourth-order valence-electron chi connectivity index (χ4n) is 0.698. The number of nitrogens with one attached hydrogen (secondary N) is 2. The Morgan fingerprint density at radius 1 is 1.36 bits per heavy atom. The van der Waals surface area contributed by atoms with Gasteiger partial charge in [0.15, 0.2) is 0 Å². The highest BCUT2D eigenvalue weighted by atomic mass is 19.4. The molecule has 0 aromatic heterocycles. The lowest BCUT2D eigenvalue weighted by atomic mass is 10.2. The number of rotatable bonds is 5. The lowest BCUT2D eigenvalue weighted by molar-refractivity contribution is -0.128. The second-order valence-electron chi connectivity index (χ2n) is 3.42. The zero-order chi connectivity index (χ0) is 11.2. The Balaban J connectivity index is 3.46. The SMILES string of the molecule is CC(C)CNC(=O)CNCC(F)(F)F. The van der Waals surface area contributed by atoms with E-state index in [1.165, 1.54) is 0 Å². The molecule has 0 aromatic carbocycles. The molecule has 1 amide bonds. The van der Waals surface area contributed by atoms with Gasteiger partial charge >= 0.3 is 6.18 Å². The Labute approximate surface area is 81.1 Å². The fraction of sp³-hybridized carbons (Fsp3) is 0.875. The quantitative estimate of drug-likeness (QED) is 0.711. The molecule has 2 N–H and O–H groups in total. The summed E-state index contributed by atoms with van der Waals surface area (Å²) in [5, 5.41) is 4.51. The minimum Gasteiger partial charge on any atom is -0.355 e. The predicted molar refractivity (Wildman–Crippen MR) is 46.8 cm³/mol. The average molecular weight is 212 g/mol. The Bertz CT molecular complexity index is 180. The smallest absolute Gasteiger partial charge is 0.355 e. The summed E-state index contributed by atoms with van der Waals surface area (Å²) in [5.41, 5.74) is 0. The monoisotopic (exact) mass is 212 g/mol. The molecule has 0 unspecified atom stereocenters. The van der Waals surface area contributed by atoms with E-state index < -0.39 is 18.6 Å². The second kappa shape index (κ2) is 5.85. The minimum atomic E-state index is -4.27. The van der Waals surface area contributed by atoms with Crippen LogP contribution in [0.1, 0.15) is 13.8 Å². The van der Waals surface area contributed by atoms with Crippen LogP contribution < -0.4 is 10.6 Å². The molecule has 0 aliphatic heterocycles. The van der Waals surface area contributed by atoms with Gasteiger partial charge in [0.05, 0.1) is 13.1 Å². The number of carbonyl (C=O) groups excluding carboxylic acids is 1. The zero-order valence-electron chi connectivity index (χ0n) is 8.24. The van der Waals surface area contributed by atoms with E-state index in [1.807, 2.05) is 19.2 Å². The highest BCUT2D eigenvalue weighted by molar-refractivity contribution is 5.77. The van der Waals surface area contributed by atoms with Gasteiger partial charge in [-0.25, -0.2) is 0 Å². The van der Waals surface area contributed by atoms with Gasteiger partial charge in [0.2, 0.25) is 5.91 Å². The van der Waals surface area contributed by atoms with Crippen LogP contribution in [-0.2, 0) is 4.79 Å². The molecule has 0 spiro atoms. The molecule has 0 heterocycles. The third-order valence-corrected chi connectivity index (χ3v) is 1.32. The van der Waals surface area contributed by atoms with Crippen molar-refractivity contribution < 1.29 is 18.0 Å². The summed E-state index contributed by atoms with van der Waals surface area (Å²) in [5.74, 6) is -0.121. The van der Waals surface area contributed by atoms with E-state index in [1.54, 1.807) is 0 Å². The van der Waals surface area contributed by atoms with Crippen molar-refractivity contribution in [1.82, 2.24) is 10.6 Å². The maximum absolute atomic E-state index is 11.6. The topological polar surface area (TPSA) is 41.1 Å². The first-order valence-corrected chi connectivity index (χ1v) is 4.35. The third-order valence-electron chi connectivity index (χ3n) is 1.32. The molecule has 0 fully saturated rings. The normalized spacial score (nSPS) is 11.9. The van der Waals surface area contributed by atoms with Crippen LogP contribution in [0.5, 0.6) is 0 Å². The van der Waals surface area contributed by atoms with Crippen molar-refractivity contribution in [2.45, 2.75) is 20.0 Å². The Morgan fingerprint density at radius 3 is 2.36 bits per heavy atom. The van der Waals surface area contributed by atoms with Gasteiger partial charge in [-0.1, -0.05) is 13.8 Å². The predicted octanol–water partition coefficient (Wildman–Crippen LogP) is 0.910. The van der Waals surface area contributed by atoms with Crippen LogP contribution in [0.4, 0.5) is 13.2 Å². The minimum absolute atomic E-state index is 0.293. The van der Waals surface area contributed by atoms with Crippen LogP contribution in [0.2, 0.25) is 0 Å². The molecule has 6 heteroatoms. The van der Waals surface area contributed by atoms with Gasteiger partial charge in [-0.3, -0.25) is 4.79 Å². The number of alkyl halides is 3. The van der Waals surface area contributed by atoms with Crippen LogP contribution in [0, 0.1) is 5.92 Å². The summed E-state index contributed by atoms with van der Waals surface area (Å²) in [7, 11) is 0. The molecule has 3 nitrogen and oxygen atoms in total. The highest BCUT2D eigenvalue weighted by Gasteiger charge is 2.26. The molecule has 0 atom stereocenters. The number of carbonyl (C=O) groups is 1. The molecule has 0 bridgehead atoms. The first-order chi connectivity index (χ1) is 6.31. The molecule has 0 radical (unpaired) electrons. The fourth-order valence-corrected chi connectivity index (χ4v) is 0.698. The highest BCUT2D eigenvalue weighted by Crippen LogP contribution is 2.11. The van der Waals surface area contributed by atoms with E-state index >= 15 is 0 Å². The maximum atomic E-state index is 11.6. The van der Waals surface area contributed by atoms with Crippen molar-refractivity contribution in [2.24, 2.45) is 5.92 Å². The molecule has 0 aliphatic carbocycles. The maximum Gasteiger partial charge on any atom is 0.401 e. The van der Waals surface area contributed by atoms with E-state index in [0.717, 1.165) is 0 Å². The zero-order valence-corrected chi connectivity index (χ0v) is 8.24. The van der Waals surface area contributed by atoms with Gasteiger partial charge in [0.1, 0.15) is 0 Å². The standard InChI is InChI=1S/C8H15F3N2O/c1-6(2)3-13-7(14)4-12-5-8(9,10)11/h6,12H,3-5H2,1-2H3,(H,13,14). The summed E-state index contributed by atoms with van der Waals surface area (Å²) in [4.78, 5) is 10.9. The number of hydrogen-bond donors (Lipinski definition) is 2.